The lowest BCUT2D eigenvalue weighted by Gasteiger charge is -2.17. The predicted molar refractivity (Wildman–Crippen MR) is 135 cm³/mol. The zero-order valence-corrected chi connectivity index (χ0v) is 19.5. The van der Waals surface area contributed by atoms with Crippen molar-refractivity contribution >= 4 is 46.4 Å². The molecule has 1 saturated heterocycles. The fourth-order valence-corrected chi connectivity index (χ4v) is 4.79. The van der Waals surface area contributed by atoms with Crippen molar-refractivity contribution in [1.82, 2.24) is 9.96 Å². The van der Waals surface area contributed by atoms with Crippen molar-refractivity contribution < 1.29 is 19.2 Å². The van der Waals surface area contributed by atoms with Gasteiger partial charge in [-0.1, -0.05) is 60.7 Å². The summed E-state index contributed by atoms with van der Waals surface area (Å²) in [7, 11) is 0. The quantitative estimate of drug-likeness (QED) is 0.271. The second kappa shape index (κ2) is 10.1. The highest BCUT2D eigenvalue weighted by Gasteiger charge is 2.37. The molecule has 7 nitrogen and oxygen atoms in total. The van der Waals surface area contributed by atoms with E-state index in [2.05, 4.69) is 4.99 Å². The third kappa shape index (κ3) is 4.80. The Morgan fingerprint density at radius 3 is 2.03 bits per heavy atom. The van der Waals surface area contributed by atoms with Gasteiger partial charge >= 0.3 is 0 Å². The molecular formula is C27H21N3O4S. The average Bonchev–Trinajstić information content (AvgIpc) is 3.31. The van der Waals surface area contributed by atoms with Gasteiger partial charge in [-0.2, -0.15) is 0 Å². The lowest BCUT2D eigenvalue weighted by atomic mass is 10.1. The van der Waals surface area contributed by atoms with Crippen molar-refractivity contribution in [2.45, 2.75) is 6.42 Å². The third-order valence-corrected chi connectivity index (χ3v) is 6.48. The fraction of sp³-hybridized carbons (Fsp3) is 0.111. The van der Waals surface area contributed by atoms with Crippen LogP contribution in [-0.4, -0.2) is 46.0 Å². The zero-order chi connectivity index (χ0) is 24.2. The topological polar surface area (TPSA) is 79.3 Å². The van der Waals surface area contributed by atoms with Crippen LogP contribution < -0.4 is 0 Å². The Morgan fingerprint density at radius 1 is 0.771 bits per heavy atom. The summed E-state index contributed by atoms with van der Waals surface area (Å²) in [4.78, 5) is 50.5. The van der Waals surface area contributed by atoms with Crippen molar-refractivity contribution in [2.75, 3.05) is 13.2 Å². The van der Waals surface area contributed by atoms with Crippen molar-refractivity contribution in [1.29, 1.82) is 0 Å². The molecule has 3 aromatic rings. The van der Waals surface area contributed by atoms with Crippen molar-refractivity contribution in [3.8, 4) is 0 Å². The number of benzene rings is 3. The summed E-state index contributed by atoms with van der Waals surface area (Å²) in [5.74, 6) is -1.09. The van der Waals surface area contributed by atoms with Gasteiger partial charge in [-0.25, -0.2) is 4.99 Å². The number of thioether (sulfide) groups is 1. The van der Waals surface area contributed by atoms with Crippen LogP contribution in [0.3, 0.4) is 0 Å². The molecule has 0 atom stereocenters. The molecule has 0 unspecified atom stereocenters. The number of hydroxylamine groups is 2. The van der Waals surface area contributed by atoms with Crippen LogP contribution in [-0.2, 0) is 9.63 Å². The van der Waals surface area contributed by atoms with E-state index in [-0.39, 0.29) is 12.5 Å². The molecule has 2 aliphatic rings. The highest BCUT2D eigenvalue weighted by Crippen LogP contribution is 2.34. The number of rotatable bonds is 7. The van der Waals surface area contributed by atoms with Crippen LogP contribution in [0, 0.1) is 0 Å². The van der Waals surface area contributed by atoms with Crippen LogP contribution in [0.25, 0.3) is 6.08 Å². The number of carbonyl (C=O) groups is 3. The molecule has 1 fully saturated rings. The highest BCUT2D eigenvalue weighted by atomic mass is 32.2. The predicted octanol–water partition coefficient (Wildman–Crippen LogP) is 4.91. The number of imide groups is 1. The molecule has 2 heterocycles. The molecular weight excluding hydrogens is 462 g/mol. The Labute approximate surface area is 206 Å². The second-order valence-corrected chi connectivity index (χ2v) is 8.85. The van der Waals surface area contributed by atoms with E-state index in [1.807, 2.05) is 66.7 Å². The largest absolute Gasteiger partial charge is 0.286 e. The van der Waals surface area contributed by atoms with Crippen molar-refractivity contribution in [3.05, 3.63) is 107 Å². The van der Waals surface area contributed by atoms with Crippen LogP contribution in [0.5, 0.6) is 0 Å². The van der Waals surface area contributed by atoms with Gasteiger partial charge in [-0.3, -0.25) is 24.1 Å². The number of aliphatic imine (C=N–C) groups is 1. The van der Waals surface area contributed by atoms with Crippen molar-refractivity contribution in [2.24, 2.45) is 4.99 Å². The first kappa shape index (κ1) is 22.8. The van der Waals surface area contributed by atoms with Crippen LogP contribution in [0.15, 0.2) is 94.8 Å². The van der Waals surface area contributed by atoms with Crippen LogP contribution >= 0.6 is 11.8 Å². The number of fused-ring (bicyclic) bond motifs is 1. The first-order valence-electron chi connectivity index (χ1n) is 11.1. The Bertz CT molecular complexity index is 1300. The maximum absolute atomic E-state index is 13.2. The molecule has 3 aromatic carbocycles. The molecule has 5 rings (SSSR count). The van der Waals surface area contributed by atoms with E-state index in [1.54, 1.807) is 29.2 Å². The van der Waals surface area contributed by atoms with Gasteiger partial charge in [0.05, 0.1) is 28.3 Å². The summed E-state index contributed by atoms with van der Waals surface area (Å²) in [5.41, 5.74) is 2.34. The molecule has 0 radical (unpaired) electrons. The molecule has 2 aliphatic heterocycles. The monoisotopic (exact) mass is 483 g/mol. The lowest BCUT2D eigenvalue weighted by molar-refractivity contribution is -0.123. The Hall–Kier alpha value is -4.01. The van der Waals surface area contributed by atoms with Crippen molar-refractivity contribution in [3.63, 3.8) is 0 Å². The summed E-state index contributed by atoms with van der Waals surface area (Å²) < 4.78 is 0. The van der Waals surface area contributed by atoms with Gasteiger partial charge in [0, 0.05) is 6.54 Å². The molecule has 8 heteroatoms. The van der Waals surface area contributed by atoms with Gasteiger partial charge in [0.2, 0.25) is 0 Å². The Kier molecular flexibility index (Phi) is 6.56. The first-order chi connectivity index (χ1) is 17.1. The van der Waals surface area contributed by atoms with E-state index in [1.165, 1.54) is 11.8 Å². The number of carbonyl (C=O) groups excluding carboxylic acids is 3. The van der Waals surface area contributed by atoms with Gasteiger partial charge in [-0.05, 0) is 54.1 Å². The first-order valence-corrected chi connectivity index (χ1v) is 11.9. The minimum Gasteiger partial charge on any atom is -0.286 e. The molecule has 0 spiro atoms. The molecule has 0 N–H and O–H groups in total. The van der Waals surface area contributed by atoms with Crippen LogP contribution in [0.1, 0.15) is 32.7 Å². The molecule has 0 aromatic heterocycles. The molecule has 0 bridgehead atoms. The van der Waals surface area contributed by atoms with E-state index in [9.17, 15) is 14.4 Å². The molecule has 0 aliphatic carbocycles. The van der Waals surface area contributed by atoms with Crippen LogP contribution in [0.2, 0.25) is 0 Å². The van der Waals surface area contributed by atoms with E-state index in [0.717, 1.165) is 16.3 Å². The number of para-hydroxylation sites is 1. The fourth-order valence-electron chi connectivity index (χ4n) is 3.77. The molecule has 0 saturated carbocycles. The Balaban J connectivity index is 1.28. The number of amides is 3. The van der Waals surface area contributed by atoms with E-state index >= 15 is 0 Å². The maximum atomic E-state index is 13.2. The van der Waals surface area contributed by atoms with Gasteiger partial charge in [0.25, 0.3) is 17.7 Å². The number of nitrogens with zero attached hydrogens (tertiary/aromatic N) is 3. The minimum absolute atomic E-state index is 0.0935. The van der Waals surface area contributed by atoms with E-state index in [0.29, 0.717) is 34.2 Å². The van der Waals surface area contributed by atoms with Gasteiger partial charge in [-0.15, -0.1) is 5.06 Å². The Morgan fingerprint density at radius 2 is 1.37 bits per heavy atom. The normalized spacial score (nSPS) is 17.7. The lowest BCUT2D eigenvalue weighted by Crippen LogP contribution is -2.33. The average molecular weight is 484 g/mol. The van der Waals surface area contributed by atoms with Gasteiger partial charge in [0.15, 0.2) is 5.17 Å². The molecule has 174 valence electrons. The smallest absolute Gasteiger partial charge is 0.285 e. The van der Waals surface area contributed by atoms with E-state index in [4.69, 9.17) is 4.84 Å². The number of hydrogen-bond acceptors (Lipinski definition) is 6. The number of amidine groups is 1. The van der Waals surface area contributed by atoms with Gasteiger partial charge < -0.3 is 0 Å². The SMILES string of the molecule is O=C1/C(=C\c2ccccc2)SC(=Nc2ccccc2)N1CCCON1C(=O)c2ccccc2C1=O. The summed E-state index contributed by atoms with van der Waals surface area (Å²) >= 11 is 1.32. The highest BCUT2D eigenvalue weighted by molar-refractivity contribution is 8.18. The molecule has 35 heavy (non-hydrogen) atoms. The third-order valence-electron chi connectivity index (χ3n) is 5.47. The zero-order valence-electron chi connectivity index (χ0n) is 18.7. The van der Waals surface area contributed by atoms with Crippen LogP contribution in [0.4, 0.5) is 5.69 Å². The second-order valence-electron chi connectivity index (χ2n) is 7.85. The van der Waals surface area contributed by atoms with Gasteiger partial charge in [0.1, 0.15) is 0 Å². The summed E-state index contributed by atoms with van der Waals surface area (Å²) in [5, 5.41) is 1.37. The maximum Gasteiger partial charge on any atom is 0.285 e. The summed E-state index contributed by atoms with van der Waals surface area (Å²) in [6.45, 7) is 0.420. The molecule has 3 amide bonds. The van der Waals surface area contributed by atoms with E-state index < -0.39 is 11.8 Å². The number of hydrogen-bond donors (Lipinski definition) is 0. The summed E-state index contributed by atoms with van der Waals surface area (Å²) in [6, 6.07) is 25.7. The standard InChI is InChI=1S/C27H21N3O4S/c31-24-21-14-7-8-15-22(21)25(32)30(24)34-17-9-16-29-26(33)23(18-19-10-3-1-4-11-19)35-27(29)28-20-12-5-2-6-13-20/h1-8,10-15,18H,9,16-17H2/b23-18+,28-27?. The minimum atomic E-state index is -0.474. The summed E-state index contributed by atoms with van der Waals surface area (Å²) in [6.07, 6.45) is 2.26.